The molecule has 0 atom stereocenters. The minimum absolute atomic E-state index is 0.236. The monoisotopic (exact) mass is 258 g/mol. The summed E-state index contributed by atoms with van der Waals surface area (Å²) in [5.74, 6) is 4.79. The number of carbonyl (C=O) groups is 2. The van der Waals surface area contributed by atoms with Gasteiger partial charge in [-0.1, -0.05) is 36.3 Å². The number of ketones is 1. The Labute approximate surface area is 114 Å². The summed E-state index contributed by atoms with van der Waals surface area (Å²) >= 11 is 0. The van der Waals surface area contributed by atoms with E-state index in [-0.39, 0.29) is 11.8 Å². The lowest BCUT2D eigenvalue weighted by Crippen LogP contribution is -2.26. The normalized spacial score (nSPS) is 10.3. The molecule has 0 heterocycles. The third-order valence-corrected chi connectivity index (χ3v) is 2.60. The highest BCUT2D eigenvalue weighted by Gasteiger charge is 2.28. The molecule has 0 unspecified atom stereocenters. The molecule has 0 bridgehead atoms. The number of esters is 1. The maximum Gasteiger partial charge on any atom is 0.312 e. The number of hydrogen-bond donors (Lipinski definition) is 0. The van der Waals surface area contributed by atoms with E-state index >= 15 is 0 Å². The second-order valence-electron chi connectivity index (χ2n) is 4.78. The van der Waals surface area contributed by atoms with Gasteiger partial charge in [-0.2, -0.15) is 0 Å². The third-order valence-electron chi connectivity index (χ3n) is 2.60. The van der Waals surface area contributed by atoms with Crippen molar-refractivity contribution in [2.75, 3.05) is 6.61 Å². The van der Waals surface area contributed by atoms with Crippen molar-refractivity contribution in [2.45, 2.75) is 27.2 Å². The topological polar surface area (TPSA) is 43.4 Å². The number of hydrogen-bond acceptors (Lipinski definition) is 3. The van der Waals surface area contributed by atoms with Crippen LogP contribution in [0.3, 0.4) is 0 Å². The van der Waals surface area contributed by atoms with E-state index in [1.54, 1.807) is 45.0 Å². The molecule has 1 aromatic rings. The van der Waals surface area contributed by atoms with E-state index in [1.165, 1.54) is 0 Å². The summed E-state index contributed by atoms with van der Waals surface area (Å²) in [4.78, 5) is 23.4. The lowest BCUT2D eigenvalue weighted by Gasteiger charge is -2.18. The maximum atomic E-state index is 11.7. The fraction of sp³-hybridized carbons (Fsp3) is 0.375. The molecular formula is C16H18O3. The molecule has 3 nitrogen and oxygen atoms in total. The van der Waals surface area contributed by atoms with Crippen LogP contribution in [-0.4, -0.2) is 18.4 Å². The van der Waals surface area contributed by atoms with Gasteiger partial charge in [0, 0.05) is 12.0 Å². The first-order chi connectivity index (χ1) is 8.97. The molecule has 19 heavy (non-hydrogen) atoms. The zero-order chi connectivity index (χ0) is 14.3. The summed E-state index contributed by atoms with van der Waals surface area (Å²) in [5.41, 5.74) is -0.135. The van der Waals surface area contributed by atoms with Crippen molar-refractivity contribution in [1.82, 2.24) is 0 Å². The average Bonchev–Trinajstić information content (AvgIpc) is 2.39. The van der Waals surface area contributed by atoms with Crippen molar-refractivity contribution in [2.24, 2.45) is 5.41 Å². The molecule has 0 saturated carbocycles. The van der Waals surface area contributed by atoms with Crippen LogP contribution in [0.1, 0.15) is 37.6 Å². The Morgan fingerprint density at radius 2 is 1.84 bits per heavy atom. The molecule has 1 aromatic carbocycles. The Balaban J connectivity index is 2.65. The van der Waals surface area contributed by atoms with Gasteiger partial charge < -0.3 is 4.74 Å². The van der Waals surface area contributed by atoms with Crippen molar-refractivity contribution >= 4 is 11.8 Å². The molecule has 0 fully saturated rings. The number of ether oxygens (including phenoxy) is 1. The second kappa shape index (κ2) is 6.75. The standard InChI is InChI=1S/C16H18O3/c1-4-19-15(18)16(2,3)12-8-11-14(17)13-9-6-5-7-10-13/h5-7,9-10H,4,12H2,1-3H3. The predicted molar refractivity (Wildman–Crippen MR) is 73.6 cm³/mol. The van der Waals surface area contributed by atoms with Crippen LogP contribution in [0, 0.1) is 17.3 Å². The van der Waals surface area contributed by atoms with Crippen LogP contribution in [-0.2, 0) is 9.53 Å². The molecule has 0 aliphatic carbocycles. The minimum Gasteiger partial charge on any atom is -0.466 e. The maximum absolute atomic E-state index is 11.7. The van der Waals surface area contributed by atoms with E-state index in [0.717, 1.165) is 0 Å². The van der Waals surface area contributed by atoms with E-state index < -0.39 is 5.41 Å². The first kappa shape index (κ1) is 15.0. The molecule has 3 heteroatoms. The highest BCUT2D eigenvalue weighted by atomic mass is 16.5. The lowest BCUT2D eigenvalue weighted by atomic mass is 9.90. The van der Waals surface area contributed by atoms with Gasteiger partial charge in [-0.15, -0.1) is 0 Å². The Hall–Kier alpha value is -2.08. The van der Waals surface area contributed by atoms with Crippen molar-refractivity contribution < 1.29 is 14.3 Å². The Kier molecular flexibility index (Phi) is 5.32. The fourth-order valence-corrected chi connectivity index (χ4v) is 1.41. The van der Waals surface area contributed by atoms with E-state index in [9.17, 15) is 9.59 Å². The largest absolute Gasteiger partial charge is 0.466 e. The summed E-state index contributed by atoms with van der Waals surface area (Å²) in [6.45, 7) is 5.62. The summed E-state index contributed by atoms with van der Waals surface area (Å²) < 4.78 is 4.96. The zero-order valence-corrected chi connectivity index (χ0v) is 11.5. The molecule has 0 spiro atoms. The van der Waals surface area contributed by atoms with Crippen LogP contribution in [0.4, 0.5) is 0 Å². The van der Waals surface area contributed by atoms with Gasteiger partial charge in [0.15, 0.2) is 0 Å². The summed E-state index contributed by atoms with van der Waals surface area (Å²) in [6.07, 6.45) is 0.296. The SMILES string of the molecule is CCOC(=O)C(C)(C)CC#CC(=O)c1ccccc1. The molecule has 0 aliphatic heterocycles. The Morgan fingerprint density at radius 1 is 1.21 bits per heavy atom. The number of carbonyl (C=O) groups excluding carboxylic acids is 2. The van der Waals surface area contributed by atoms with E-state index in [4.69, 9.17) is 4.74 Å². The van der Waals surface area contributed by atoms with Crippen molar-refractivity contribution in [3.8, 4) is 11.8 Å². The van der Waals surface area contributed by atoms with Gasteiger partial charge in [-0.25, -0.2) is 0 Å². The first-order valence-corrected chi connectivity index (χ1v) is 6.23. The molecule has 100 valence electrons. The minimum atomic E-state index is -0.694. The van der Waals surface area contributed by atoms with Crippen LogP contribution in [0.15, 0.2) is 30.3 Å². The molecule has 0 aliphatic rings. The molecule has 0 amide bonds. The van der Waals surface area contributed by atoms with E-state index in [2.05, 4.69) is 11.8 Å². The first-order valence-electron chi connectivity index (χ1n) is 6.23. The van der Waals surface area contributed by atoms with Gasteiger partial charge in [0.2, 0.25) is 5.78 Å². The van der Waals surface area contributed by atoms with Crippen LogP contribution in [0.25, 0.3) is 0 Å². The number of benzene rings is 1. The molecular weight excluding hydrogens is 240 g/mol. The summed E-state index contributed by atoms with van der Waals surface area (Å²) in [7, 11) is 0. The number of Topliss-reactive ketones (excluding diaryl/α,β-unsaturated/α-hetero) is 1. The van der Waals surface area contributed by atoms with E-state index in [1.807, 2.05) is 6.07 Å². The Morgan fingerprint density at radius 3 is 2.42 bits per heavy atom. The van der Waals surface area contributed by atoms with Crippen LogP contribution < -0.4 is 0 Å². The van der Waals surface area contributed by atoms with Crippen molar-refractivity contribution in [3.05, 3.63) is 35.9 Å². The molecule has 0 aromatic heterocycles. The van der Waals surface area contributed by atoms with Crippen LogP contribution in [0.5, 0.6) is 0 Å². The zero-order valence-electron chi connectivity index (χ0n) is 11.5. The van der Waals surface area contributed by atoms with Gasteiger partial charge in [0.05, 0.1) is 12.0 Å². The lowest BCUT2D eigenvalue weighted by molar-refractivity contribution is -0.153. The van der Waals surface area contributed by atoms with Crippen molar-refractivity contribution in [3.63, 3.8) is 0 Å². The summed E-state index contributed by atoms with van der Waals surface area (Å²) in [6, 6.07) is 8.85. The molecule has 0 saturated heterocycles. The van der Waals surface area contributed by atoms with Gasteiger partial charge in [-0.05, 0) is 26.7 Å². The highest BCUT2D eigenvalue weighted by molar-refractivity contribution is 6.08. The smallest absolute Gasteiger partial charge is 0.312 e. The molecule has 1 rings (SSSR count). The molecule has 0 radical (unpaired) electrons. The van der Waals surface area contributed by atoms with Crippen LogP contribution in [0.2, 0.25) is 0 Å². The molecule has 0 N–H and O–H groups in total. The Bertz CT molecular complexity index is 504. The highest BCUT2D eigenvalue weighted by Crippen LogP contribution is 2.21. The van der Waals surface area contributed by atoms with E-state index in [0.29, 0.717) is 18.6 Å². The fourth-order valence-electron chi connectivity index (χ4n) is 1.41. The second-order valence-corrected chi connectivity index (χ2v) is 4.78. The summed E-state index contributed by atoms with van der Waals surface area (Å²) in [5, 5.41) is 0. The van der Waals surface area contributed by atoms with Crippen molar-refractivity contribution in [1.29, 1.82) is 0 Å². The quantitative estimate of drug-likeness (QED) is 0.361. The number of rotatable bonds is 4. The van der Waals surface area contributed by atoms with Crippen LogP contribution >= 0.6 is 0 Å². The van der Waals surface area contributed by atoms with Gasteiger partial charge in [0.1, 0.15) is 0 Å². The third kappa shape index (κ3) is 4.59. The van der Waals surface area contributed by atoms with Gasteiger partial charge in [-0.3, -0.25) is 9.59 Å². The average molecular weight is 258 g/mol. The predicted octanol–water partition coefficient (Wildman–Crippen LogP) is 2.85. The van der Waals surface area contributed by atoms with Gasteiger partial charge >= 0.3 is 5.97 Å². The van der Waals surface area contributed by atoms with Gasteiger partial charge in [0.25, 0.3) is 0 Å².